The second-order valence-corrected chi connectivity index (χ2v) is 25.6. The van der Waals surface area contributed by atoms with Crippen LogP contribution in [0.2, 0.25) is 8.87 Å². The van der Waals surface area contributed by atoms with E-state index >= 15 is 0 Å². The molecule has 0 fully saturated rings. The number of unbranched alkanes of at least 4 members (excludes halogenated alkanes) is 4. The Hall–Kier alpha value is 1.38. The molecule has 0 aromatic heterocycles. The summed E-state index contributed by atoms with van der Waals surface area (Å²) >= 11 is -2.65. The van der Waals surface area contributed by atoms with Crippen molar-refractivity contribution >= 4 is 34.0 Å². The third-order valence-corrected chi connectivity index (χ3v) is 14.9. The van der Waals surface area contributed by atoms with Crippen molar-refractivity contribution in [3.63, 3.8) is 0 Å². The minimum absolute atomic E-state index is 0.834. The molecule has 0 bridgehead atoms. The first kappa shape index (κ1) is 20.4. The quantitative estimate of drug-likeness (QED) is 0.231. The molecule has 0 atom stereocenters. The number of hydrogen-bond acceptors (Lipinski definition) is 0. The summed E-state index contributed by atoms with van der Waals surface area (Å²) in [5.41, 5.74) is 0. The maximum atomic E-state index is 6.59. The van der Waals surface area contributed by atoms with Gasteiger partial charge < -0.3 is 0 Å². The predicted molar refractivity (Wildman–Crippen MR) is 93.7 cm³/mol. The Morgan fingerprint density at radius 1 is 0.632 bits per heavy atom. The average Bonchev–Trinajstić information content (AvgIpc) is 2.27. The summed E-state index contributed by atoms with van der Waals surface area (Å²) in [6.07, 6.45) is 10.6. The Balaban J connectivity index is 3.46. The second-order valence-electron chi connectivity index (χ2n) is 6.84. The summed E-state index contributed by atoms with van der Waals surface area (Å²) in [6, 6.07) is 0. The molecule has 0 aliphatic rings. The number of halogens is 2. The molecule has 0 saturated heterocycles. The first-order valence-electron chi connectivity index (χ1n) is 8.21. The summed E-state index contributed by atoms with van der Waals surface area (Å²) in [7, 11) is 13.2. The van der Waals surface area contributed by atoms with E-state index in [4.69, 9.17) is 17.8 Å². The Bertz CT molecular complexity index is 183. The SMILES string of the molecule is CC(C)CCCC[CH2][Sn]([Cl])([Cl])[CH2]CCCCC(C)C. The molecule has 0 aliphatic heterocycles. The van der Waals surface area contributed by atoms with Gasteiger partial charge in [0.25, 0.3) is 0 Å². The standard InChI is InChI=1S/2C8H17.2ClH.Sn/c2*1-4-5-6-7-8(2)3;;;/h2*8H,1,4-7H2,2-3H3;2*1H;/q;;;;+2/p-2. The Morgan fingerprint density at radius 2 is 1.00 bits per heavy atom. The maximum absolute atomic E-state index is 6.59. The monoisotopic (exact) mass is 416 g/mol. The Labute approximate surface area is 133 Å². The van der Waals surface area contributed by atoms with Gasteiger partial charge in [-0.3, -0.25) is 0 Å². The van der Waals surface area contributed by atoms with Gasteiger partial charge in [-0.05, 0) is 0 Å². The van der Waals surface area contributed by atoms with Gasteiger partial charge in [-0.25, -0.2) is 0 Å². The number of rotatable bonds is 12. The van der Waals surface area contributed by atoms with E-state index in [1.807, 2.05) is 0 Å². The van der Waals surface area contributed by atoms with Crippen molar-refractivity contribution in [1.82, 2.24) is 0 Å². The van der Waals surface area contributed by atoms with E-state index in [0.717, 1.165) is 11.8 Å². The number of hydrogen-bond donors (Lipinski definition) is 0. The molecule has 0 radical (unpaired) electrons. The van der Waals surface area contributed by atoms with Gasteiger partial charge in [-0.1, -0.05) is 0 Å². The summed E-state index contributed by atoms with van der Waals surface area (Å²) in [5, 5.41) is 0. The van der Waals surface area contributed by atoms with Gasteiger partial charge in [0.1, 0.15) is 0 Å². The first-order chi connectivity index (χ1) is 8.83. The summed E-state index contributed by atoms with van der Waals surface area (Å²) in [4.78, 5) is 0. The van der Waals surface area contributed by atoms with Crippen molar-refractivity contribution in [1.29, 1.82) is 0 Å². The summed E-state index contributed by atoms with van der Waals surface area (Å²) in [6.45, 7) is 9.18. The van der Waals surface area contributed by atoms with Crippen molar-refractivity contribution in [2.24, 2.45) is 11.8 Å². The van der Waals surface area contributed by atoms with E-state index in [1.54, 1.807) is 0 Å². The fraction of sp³-hybridized carbons (Fsp3) is 1.00. The van der Waals surface area contributed by atoms with Gasteiger partial charge in [0.2, 0.25) is 0 Å². The van der Waals surface area contributed by atoms with E-state index in [-0.39, 0.29) is 0 Å². The van der Waals surface area contributed by atoms with E-state index in [2.05, 4.69) is 27.7 Å². The van der Waals surface area contributed by atoms with Crippen LogP contribution in [-0.2, 0) is 0 Å². The van der Waals surface area contributed by atoms with Crippen molar-refractivity contribution in [2.45, 2.75) is 87.9 Å². The minimum atomic E-state index is -2.65. The zero-order chi connectivity index (χ0) is 14.7. The van der Waals surface area contributed by atoms with Crippen LogP contribution >= 0.6 is 17.8 Å². The van der Waals surface area contributed by atoms with Gasteiger partial charge in [-0.15, -0.1) is 0 Å². The van der Waals surface area contributed by atoms with Gasteiger partial charge in [0, 0.05) is 0 Å². The molecular formula is C16H34Cl2Sn. The zero-order valence-corrected chi connectivity index (χ0v) is 17.8. The molecule has 0 aliphatic carbocycles. The third-order valence-electron chi connectivity index (χ3n) is 3.65. The molecule has 0 spiro atoms. The molecular weight excluding hydrogens is 382 g/mol. The zero-order valence-electron chi connectivity index (χ0n) is 13.5. The molecule has 0 amide bonds. The topological polar surface area (TPSA) is 0 Å². The normalized spacial score (nSPS) is 12.6. The van der Waals surface area contributed by atoms with Crippen molar-refractivity contribution in [2.75, 3.05) is 0 Å². The molecule has 0 heterocycles. The molecule has 116 valence electrons. The van der Waals surface area contributed by atoms with Crippen LogP contribution in [0.25, 0.3) is 0 Å². The fourth-order valence-electron chi connectivity index (χ4n) is 2.35. The molecule has 0 unspecified atom stereocenters. The van der Waals surface area contributed by atoms with Crippen molar-refractivity contribution in [3.05, 3.63) is 0 Å². The van der Waals surface area contributed by atoms with Crippen molar-refractivity contribution < 1.29 is 0 Å². The van der Waals surface area contributed by atoms with Crippen LogP contribution in [0.3, 0.4) is 0 Å². The Morgan fingerprint density at radius 3 is 1.32 bits per heavy atom. The third kappa shape index (κ3) is 15.6. The first-order valence-corrected chi connectivity index (χ1v) is 19.5. The van der Waals surface area contributed by atoms with E-state index in [9.17, 15) is 0 Å². The van der Waals surface area contributed by atoms with Gasteiger partial charge in [0.05, 0.1) is 0 Å². The van der Waals surface area contributed by atoms with Crippen LogP contribution < -0.4 is 0 Å². The molecule has 0 aromatic carbocycles. The molecule has 0 aromatic rings. The van der Waals surface area contributed by atoms with Gasteiger partial charge in [0.15, 0.2) is 0 Å². The summed E-state index contributed by atoms with van der Waals surface area (Å²) in [5.74, 6) is 1.67. The molecule has 0 N–H and O–H groups in total. The fourth-order valence-corrected chi connectivity index (χ4v) is 11.0. The molecule has 3 heteroatoms. The average molecular weight is 416 g/mol. The van der Waals surface area contributed by atoms with Crippen LogP contribution in [0.15, 0.2) is 0 Å². The van der Waals surface area contributed by atoms with Gasteiger partial charge in [-0.2, -0.15) is 0 Å². The molecule has 0 nitrogen and oxygen atoms in total. The van der Waals surface area contributed by atoms with E-state index < -0.39 is 16.1 Å². The molecule has 19 heavy (non-hydrogen) atoms. The molecule has 0 rings (SSSR count). The summed E-state index contributed by atoms with van der Waals surface area (Å²) < 4.78 is 2.33. The van der Waals surface area contributed by atoms with Crippen LogP contribution in [0, 0.1) is 11.8 Å². The van der Waals surface area contributed by atoms with Gasteiger partial charge >= 0.3 is 134 Å². The van der Waals surface area contributed by atoms with Crippen LogP contribution in [0.1, 0.15) is 79.1 Å². The second kappa shape index (κ2) is 12.0. The van der Waals surface area contributed by atoms with Crippen LogP contribution in [0.4, 0.5) is 0 Å². The van der Waals surface area contributed by atoms with E-state index in [1.165, 1.54) is 60.2 Å². The molecule has 0 saturated carbocycles. The van der Waals surface area contributed by atoms with E-state index in [0.29, 0.717) is 0 Å². The van der Waals surface area contributed by atoms with Crippen LogP contribution in [0.5, 0.6) is 0 Å². The van der Waals surface area contributed by atoms with Crippen molar-refractivity contribution in [3.8, 4) is 0 Å². The Kier molecular flexibility index (Phi) is 12.8. The predicted octanol–water partition coefficient (Wildman–Crippen LogP) is 7.34. The van der Waals surface area contributed by atoms with Crippen LogP contribution in [-0.4, -0.2) is 16.1 Å².